The van der Waals surface area contributed by atoms with Gasteiger partial charge in [0.15, 0.2) is 0 Å². The first kappa shape index (κ1) is 16.7. The van der Waals surface area contributed by atoms with E-state index >= 15 is 0 Å². The second kappa shape index (κ2) is 34.8. The Morgan fingerprint density at radius 3 is 1.55 bits per heavy atom. The van der Waals surface area contributed by atoms with Crippen molar-refractivity contribution in [3.63, 3.8) is 0 Å². The summed E-state index contributed by atoms with van der Waals surface area (Å²) in [7, 11) is 0. The molecule has 0 unspecified atom stereocenters. The Morgan fingerprint density at radius 1 is 1.00 bits per heavy atom. The molecule has 0 N–H and O–H groups in total. The Labute approximate surface area is 70.4 Å². The van der Waals surface area contributed by atoms with Crippen LogP contribution in [0.1, 0.15) is 41.5 Å². The molecule has 0 bridgehead atoms. The van der Waals surface area contributed by atoms with Gasteiger partial charge in [-0.05, 0) is 0 Å². The molecule has 0 fully saturated rings. The first-order valence-electron chi connectivity index (χ1n) is 4.25. The van der Waals surface area contributed by atoms with E-state index in [0.717, 1.165) is 0 Å². The van der Waals surface area contributed by atoms with Gasteiger partial charge in [-0.2, -0.15) is 0 Å². The molecule has 3 nitrogen and oxygen atoms in total. The molecule has 0 atom stereocenters. The fourth-order valence-corrected chi connectivity index (χ4v) is 0.152. The molecular formula is C8H21NO2. The SMILES string of the molecule is C1=NOCO1.CC.CC.CC. The van der Waals surface area contributed by atoms with Crippen LogP contribution in [-0.4, -0.2) is 13.2 Å². The highest BCUT2D eigenvalue weighted by atomic mass is 16.8. The van der Waals surface area contributed by atoms with Gasteiger partial charge in [0.25, 0.3) is 6.79 Å². The van der Waals surface area contributed by atoms with Crippen LogP contribution in [0.5, 0.6) is 0 Å². The van der Waals surface area contributed by atoms with Crippen molar-refractivity contribution < 1.29 is 9.57 Å². The van der Waals surface area contributed by atoms with Gasteiger partial charge in [0, 0.05) is 0 Å². The number of ether oxygens (including phenoxy) is 1. The molecule has 0 aromatic heterocycles. The van der Waals surface area contributed by atoms with E-state index in [2.05, 4.69) is 14.7 Å². The van der Waals surface area contributed by atoms with E-state index in [4.69, 9.17) is 0 Å². The number of hydrogen-bond acceptors (Lipinski definition) is 3. The lowest BCUT2D eigenvalue weighted by molar-refractivity contribution is 0.0595. The summed E-state index contributed by atoms with van der Waals surface area (Å²) in [6.07, 6.45) is 1.26. The Kier molecular flexibility index (Phi) is 52.8. The topological polar surface area (TPSA) is 30.8 Å². The largest absolute Gasteiger partial charge is 0.441 e. The lowest BCUT2D eigenvalue weighted by Gasteiger charge is -1.77. The summed E-state index contributed by atoms with van der Waals surface area (Å²) < 4.78 is 4.43. The van der Waals surface area contributed by atoms with Crippen LogP contribution in [0.15, 0.2) is 5.16 Å². The van der Waals surface area contributed by atoms with Gasteiger partial charge in [0.05, 0.1) is 0 Å². The molecular weight excluding hydrogens is 142 g/mol. The summed E-state index contributed by atoms with van der Waals surface area (Å²) in [6, 6.07) is 0. The van der Waals surface area contributed by atoms with Crippen LogP contribution in [0.3, 0.4) is 0 Å². The standard InChI is InChI=1S/C2H3NO2.3C2H6/c1-3-5-2-4-1;3*1-2/h1H,2H2;3*1-2H3. The van der Waals surface area contributed by atoms with Crippen molar-refractivity contribution in [3.8, 4) is 0 Å². The van der Waals surface area contributed by atoms with E-state index in [0.29, 0.717) is 0 Å². The van der Waals surface area contributed by atoms with Crippen molar-refractivity contribution in [1.82, 2.24) is 0 Å². The molecule has 70 valence electrons. The molecule has 11 heavy (non-hydrogen) atoms. The average molecular weight is 163 g/mol. The quantitative estimate of drug-likeness (QED) is 0.549. The second-order valence-electron chi connectivity index (χ2n) is 0.624. The predicted molar refractivity (Wildman–Crippen MR) is 49.6 cm³/mol. The van der Waals surface area contributed by atoms with Crippen LogP contribution in [0.4, 0.5) is 0 Å². The normalized spacial score (nSPS) is 9.64. The molecule has 1 heterocycles. The van der Waals surface area contributed by atoms with Crippen LogP contribution in [0, 0.1) is 0 Å². The first-order chi connectivity index (χ1) is 5.50. The molecule has 1 aliphatic rings. The maximum atomic E-state index is 4.43. The highest BCUT2D eigenvalue weighted by Gasteiger charge is 1.84. The van der Waals surface area contributed by atoms with Crippen molar-refractivity contribution in [3.05, 3.63) is 0 Å². The van der Waals surface area contributed by atoms with Gasteiger partial charge in [0.1, 0.15) is 0 Å². The number of rotatable bonds is 0. The summed E-state index contributed by atoms with van der Waals surface area (Å²) in [6.45, 7) is 12.3. The minimum atomic E-state index is 0.278. The van der Waals surface area contributed by atoms with Crippen molar-refractivity contribution in [2.45, 2.75) is 41.5 Å². The molecule has 0 aromatic carbocycles. The molecule has 1 rings (SSSR count). The number of hydrogen-bond donors (Lipinski definition) is 0. The highest BCUT2D eigenvalue weighted by molar-refractivity contribution is 5.45. The van der Waals surface area contributed by atoms with E-state index in [-0.39, 0.29) is 6.79 Å². The van der Waals surface area contributed by atoms with Crippen LogP contribution in [0.2, 0.25) is 0 Å². The summed E-state index contributed by atoms with van der Waals surface area (Å²) in [5, 5.41) is 3.24. The number of nitrogens with zero attached hydrogens (tertiary/aromatic N) is 1. The van der Waals surface area contributed by atoms with Crippen LogP contribution in [0.25, 0.3) is 0 Å². The van der Waals surface area contributed by atoms with Crippen LogP contribution in [-0.2, 0) is 9.57 Å². The van der Waals surface area contributed by atoms with Gasteiger partial charge >= 0.3 is 0 Å². The van der Waals surface area contributed by atoms with Crippen LogP contribution < -0.4 is 0 Å². The molecule has 0 spiro atoms. The summed E-state index contributed by atoms with van der Waals surface area (Å²) >= 11 is 0. The average Bonchev–Trinajstić information content (AvgIpc) is 2.71. The second-order valence-corrected chi connectivity index (χ2v) is 0.624. The smallest absolute Gasteiger partial charge is 0.257 e. The molecule has 3 heteroatoms. The Hall–Kier alpha value is -0.730. The lowest BCUT2D eigenvalue weighted by Crippen LogP contribution is -1.77. The van der Waals surface area contributed by atoms with E-state index in [1.54, 1.807) is 0 Å². The van der Waals surface area contributed by atoms with Gasteiger partial charge in [-0.15, -0.1) is 0 Å². The fourth-order valence-electron chi connectivity index (χ4n) is 0.152. The maximum absolute atomic E-state index is 4.43. The molecule has 0 aromatic rings. The van der Waals surface area contributed by atoms with Gasteiger partial charge in [0.2, 0.25) is 6.40 Å². The van der Waals surface area contributed by atoms with Crippen molar-refractivity contribution in [1.29, 1.82) is 0 Å². The number of oxime groups is 1. The monoisotopic (exact) mass is 163 g/mol. The highest BCUT2D eigenvalue weighted by Crippen LogP contribution is 1.81. The van der Waals surface area contributed by atoms with Crippen molar-refractivity contribution in [2.24, 2.45) is 5.16 Å². The zero-order chi connectivity index (χ0) is 9.54. The van der Waals surface area contributed by atoms with E-state index < -0.39 is 0 Å². The molecule has 0 saturated carbocycles. The van der Waals surface area contributed by atoms with Gasteiger partial charge < -0.3 is 9.57 Å². The zero-order valence-electron chi connectivity index (χ0n) is 8.55. The molecule has 0 amide bonds. The van der Waals surface area contributed by atoms with Gasteiger partial charge in [-0.1, -0.05) is 46.7 Å². The van der Waals surface area contributed by atoms with Crippen LogP contribution >= 0.6 is 0 Å². The summed E-state index contributed by atoms with van der Waals surface area (Å²) in [5.41, 5.74) is 0. The minimum absolute atomic E-state index is 0.278. The summed E-state index contributed by atoms with van der Waals surface area (Å²) in [5.74, 6) is 0. The van der Waals surface area contributed by atoms with E-state index in [1.807, 2.05) is 41.5 Å². The lowest BCUT2D eigenvalue weighted by atomic mass is 11.0. The van der Waals surface area contributed by atoms with Crippen molar-refractivity contribution in [2.75, 3.05) is 6.79 Å². The fraction of sp³-hybridized carbons (Fsp3) is 0.875. The van der Waals surface area contributed by atoms with E-state index in [9.17, 15) is 0 Å². The molecule has 1 aliphatic heterocycles. The third-order valence-corrected chi connectivity index (χ3v) is 0.313. The zero-order valence-corrected chi connectivity index (χ0v) is 8.55. The minimum Gasteiger partial charge on any atom is -0.441 e. The molecule has 0 radical (unpaired) electrons. The maximum Gasteiger partial charge on any atom is 0.257 e. The Bertz CT molecular complexity index is 50.1. The van der Waals surface area contributed by atoms with Gasteiger partial charge in [-0.3, -0.25) is 0 Å². The predicted octanol–water partition coefficient (Wildman–Crippen LogP) is 3.01. The summed E-state index contributed by atoms with van der Waals surface area (Å²) in [4.78, 5) is 4.29. The van der Waals surface area contributed by atoms with Crippen molar-refractivity contribution >= 4 is 6.40 Å². The third-order valence-electron chi connectivity index (χ3n) is 0.313. The van der Waals surface area contributed by atoms with E-state index in [1.165, 1.54) is 6.40 Å². The Balaban J connectivity index is -0.0000000933. The third kappa shape index (κ3) is 26.9. The first-order valence-corrected chi connectivity index (χ1v) is 4.25. The Morgan fingerprint density at radius 2 is 1.45 bits per heavy atom. The molecule has 0 aliphatic carbocycles. The van der Waals surface area contributed by atoms with Gasteiger partial charge in [-0.25, -0.2) is 0 Å². The molecule has 0 saturated heterocycles.